The molecule has 0 aromatic heterocycles. The van der Waals surface area contributed by atoms with E-state index in [0.29, 0.717) is 5.69 Å². The normalized spacial score (nSPS) is 17.7. The molecule has 0 unspecified atom stereocenters. The summed E-state index contributed by atoms with van der Waals surface area (Å²) in [6.45, 7) is 8.44. The SMILES string of the molecule is CC(C)(C)N1CCC(NC(=O)c2cc(N)ccc2F)CC1. The highest BCUT2D eigenvalue weighted by Gasteiger charge is 2.28. The van der Waals surface area contributed by atoms with Crippen LogP contribution in [0.15, 0.2) is 18.2 Å². The van der Waals surface area contributed by atoms with E-state index in [9.17, 15) is 9.18 Å². The predicted molar refractivity (Wildman–Crippen MR) is 82.6 cm³/mol. The maximum absolute atomic E-state index is 13.7. The van der Waals surface area contributed by atoms with Crippen molar-refractivity contribution in [1.29, 1.82) is 0 Å². The zero-order valence-corrected chi connectivity index (χ0v) is 12.9. The number of nitrogen functional groups attached to an aromatic ring is 1. The summed E-state index contributed by atoms with van der Waals surface area (Å²) in [6.07, 6.45) is 1.76. The number of carbonyl (C=O) groups excluding carboxylic acids is 1. The third-order valence-electron chi connectivity index (χ3n) is 4.01. The van der Waals surface area contributed by atoms with Crippen molar-refractivity contribution in [2.24, 2.45) is 0 Å². The fraction of sp³-hybridized carbons (Fsp3) is 0.562. The molecule has 3 N–H and O–H groups in total. The van der Waals surface area contributed by atoms with Gasteiger partial charge in [0.15, 0.2) is 0 Å². The van der Waals surface area contributed by atoms with Gasteiger partial charge in [-0.3, -0.25) is 9.69 Å². The topological polar surface area (TPSA) is 58.4 Å². The molecule has 2 rings (SSSR count). The number of rotatable bonds is 2. The second-order valence-electron chi connectivity index (χ2n) is 6.64. The standard InChI is InChI=1S/C16H24FN3O/c1-16(2,3)20-8-6-12(7-9-20)19-15(21)13-10-11(18)4-5-14(13)17/h4-5,10,12H,6-9,18H2,1-3H3,(H,19,21). The number of nitrogens with two attached hydrogens (primary N) is 1. The highest BCUT2D eigenvalue weighted by molar-refractivity contribution is 5.95. The van der Waals surface area contributed by atoms with Crippen molar-refractivity contribution < 1.29 is 9.18 Å². The van der Waals surface area contributed by atoms with Crippen LogP contribution in [0.4, 0.5) is 10.1 Å². The first kappa shape index (κ1) is 15.8. The Labute approximate surface area is 125 Å². The van der Waals surface area contributed by atoms with Crippen LogP contribution < -0.4 is 11.1 Å². The third-order valence-corrected chi connectivity index (χ3v) is 4.01. The van der Waals surface area contributed by atoms with Crippen LogP contribution in [-0.2, 0) is 0 Å². The summed E-state index contributed by atoms with van der Waals surface area (Å²) in [4.78, 5) is 14.5. The number of nitrogens with one attached hydrogen (secondary N) is 1. The lowest BCUT2D eigenvalue weighted by Crippen LogP contribution is -2.50. The molecule has 4 nitrogen and oxygen atoms in total. The van der Waals surface area contributed by atoms with Gasteiger partial charge in [0.05, 0.1) is 5.56 Å². The number of carbonyl (C=O) groups is 1. The van der Waals surface area contributed by atoms with Crippen LogP contribution in [0.25, 0.3) is 0 Å². The molecule has 21 heavy (non-hydrogen) atoms. The Bertz CT molecular complexity index is 517. The van der Waals surface area contributed by atoms with Gasteiger partial charge in [-0.15, -0.1) is 0 Å². The second kappa shape index (κ2) is 6.02. The van der Waals surface area contributed by atoms with Gasteiger partial charge in [-0.25, -0.2) is 4.39 Å². The molecule has 0 aliphatic carbocycles. The molecule has 1 aliphatic heterocycles. The molecular formula is C16H24FN3O. The van der Waals surface area contributed by atoms with Gasteiger partial charge < -0.3 is 11.1 Å². The number of anilines is 1. The zero-order valence-electron chi connectivity index (χ0n) is 12.9. The summed E-state index contributed by atoms with van der Waals surface area (Å²) < 4.78 is 13.7. The average molecular weight is 293 g/mol. The molecule has 1 aromatic carbocycles. The van der Waals surface area contributed by atoms with Crippen LogP contribution in [0.1, 0.15) is 44.0 Å². The van der Waals surface area contributed by atoms with Crippen LogP contribution in [0, 0.1) is 5.82 Å². The maximum Gasteiger partial charge on any atom is 0.254 e. The predicted octanol–water partition coefficient (Wildman–Crippen LogP) is 2.40. The van der Waals surface area contributed by atoms with E-state index in [4.69, 9.17) is 5.73 Å². The Morgan fingerprint density at radius 3 is 2.52 bits per heavy atom. The molecule has 1 heterocycles. The van der Waals surface area contributed by atoms with Crippen molar-refractivity contribution in [2.45, 2.75) is 45.2 Å². The molecule has 0 saturated carbocycles. The van der Waals surface area contributed by atoms with Gasteiger partial charge in [0, 0.05) is 30.4 Å². The van der Waals surface area contributed by atoms with Gasteiger partial charge >= 0.3 is 0 Å². The van der Waals surface area contributed by atoms with E-state index < -0.39 is 5.82 Å². The smallest absolute Gasteiger partial charge is 0.254 e. The first-order valence-corrected chi connectivity index (χ1v) is 7.38. The first-order chi connectivity index (χ1) is 9.77. The van der Waals surface area contributed by atoms with E-state index in [1.165, 1.54) is 18.2 Å². The summed E-state index contributed by atoms with van der Waals surface area (Å²) in [6, 6.07) is 4.16. The van der Waals surface area contributed by atoms with Crippen LogP contribution in [-0.4, -0.2) is 35.5 Å². The minimum Gasteiger partial charge on any atom is -0.399 e. The first-order valence-electron chi connectivity index (χ1n) is 7.38. The van der Waals surface area contributed by atoms with Crippen molar-refractivity contribution in [3.63, 3.8) is 0 Å². The van der Waals surface area contributed by atoms with Crippen molar-refractivity contribution in [1.82, 2.24) is 10.2 Å². The van der Waals surface area contributed by atoms with Gasteiger partial charge in [-0.2, -0.15) is 0 Å². The van der Waals surface area contributed by atoms with Crippen molar-refractivity contribution in [2.75, 3.05) is 18.8 Å². The Kier molecular flexibility index (Phi) is 4.52. The average Bonchev–Trinajstić information content (AvgIpc) is 2.41. The quantitative estimate of drug-likeness (QED) is 0.823. The molecule has 1 saturated heterocycles. The number of likely N-dealkylation sites (tertiary alicyclic amines) is 1. The Balaban J connectivity index is 1.94. The van der Waals surface area contributed by atoms with Gasteiger partial charge in [0.1, 0.15) is 5.82 Å². The highest BCUT2D eigenvalue weighted by Crippen LogP contribution is 2.20. The molecule has 0 bridgehead atoms. The summed E-state index contributed by atoms with van der Waals surface area (Å²) in [5, 5.41) is 2.91. The van der Waals surface area contributed by atoms with E-state index in [0.717, 1.165) is 25.9 Å². The molecule has 1 aromatic rings. The van der Waals surface area contributed by atoms with Crippen LogP contribution >= 0.6 is 0 Å². The van der Waals surface area contributed by atoms with Gasteiger partial charge in [-0.05, 0) is 51.8 Å². The van der Waals surface area contributed by atoms with E-state index >= 15 is 0 Å². The minimum absolute atomic E-state index is 0.0215. The summed E-state index contributed by atoms with van der Waals surface area (Å²) >= 11 is 0. The molecule has 0 radical (unpaired) electrons. The highest BCUT2D eigenvalue weighted by atomic mass is 19.1. The van der Waals surface area contributed by atoms with E-state index in [1.54, 1.807) is 0 Å². The molecule has 116 valence electrons. The largest absolute Gasteiger partial charge is 0.399 e. The number of hydrogen-bond donors (Lipinski definition) is 2. The molecule has 1 aliphatic rings. The number of piperidine rings is 1. The lowest BCUT2D eigenvalue weighted by atomic mass is 9.98. The van der Waals surface area contributed by atoms with E-state index in [-0.39, 0.29) is 23.1 Å². The Morgan fingerprint density at radius 2 is 1.95 bits per heavy atom. The molecule has 1 fully saturated rings. The summed E-state index contributed by atoms with van der Waals surface area (Å²) in [7, 11) is 0. The number of amides is 1. The van der Waals surface area contributed by atoms with Gasteiger partial charge in [0.2, 0.25) is 0 Å². The third kappa shape index (κ3) is 3.94. The molecular weight excluding hydrogens is 269 g/mol. The lowest BCUT2D eigenvalue weighted by molar-refractivity contribution is 0.0810. The molecule has 0 spiro atoms. The van der Waals surface area contributed by atoms with Crippen LogP contribution in [0.3, 0.4) is 0 Å². The van der Waals surface area contributed by atoms with Gasteiger partial charge in [0.25, 0.3) is 5.91 Å². The monoisotopic (exact) mass is 293 g/mol. The Hall–Kier alpha value is -1.62. The van der Waals surface area contributed by atoms with E-state index in [2.05, 4.69) is 31.0 Å². The van der Waals surface area contributed by atoms with Crippen LogP contribution in [0.5, 0.6) is 0 Å². The van der Waals surface area contributed by atoms with Gasteiger partial charge in [-0.1, -0.05) is 0 Å². The number of benzene rings is 1. The molecule has 5 heteroatoms. The number of nitrogens with zero attached hydrogens (tertiary/aromatic N) is 1. The fourth-order valence-electron chi connectivity index (χ4n) is 2.67. The maximum atomic E-state index is 13.7. The zero-order chi connectivity index (χ0) is 15.6. The van der Waals surface area contributed by atoms with E-state index in [1.807, 2.05) is 0 Å². The van der Waals surface area contributed by atoms with Crippen molar-refractivity contribution >= 4 is 11.6 Å². The summed E-state index contributed by atoms with van der Waals surface area (Å²) in [5.41, 5.74) is 6.17. The number of halogens is 1. The second-order valence-corrected chi connectivity index (χ2v) is 6.64. The van der Waals surface area contributed by atoms with Crippen molar-refractivity contribution in [3.05, 3.63) is 29.6 Å². The minimum atomic E-state index is -0.533. The summed E-state index contributed by atoms with van der Waals surface area (Å²) in [5.74, 6) is -0.914. The number of hydrogen-bond acceptors (Lipinski definition) is 3. The Morgan fingerprint density at radius 1 is 1.33 bits per heavy atom. The fourth-order valence-corrected chi connectivity index (χ4v) is 2.67. The van der Waals surface area contributed by atoms with Crippen LogP contribution in [0.2, 0.25) is 0 Å². The molecule has 0 atom stereocenters. The van der Waals surface area contributed by atoms with Crippen molar-refractivity contribution in [3.8, 4) is 0 Å². The molecule has 1 amide bonds. The lowest BCUT2D eigenvalue weighted by Gasteiger charge is -2.41.